The largest absolute Gasteiger partial charge is 0.351 e. The molecule has 1 aliphatic carbocycles. The molecule has 2 heterocycles. The lowest BCUT2D eigenvalue weighted by Gasteiger charge is -2.31. The van der Waals surface area contributed by atoms with E-state index in [1.807, 2.05) is 28.8 Å². The molecule has 0 spiro atoms. The predicted octanol–water partition coefficient (Wildman–Crippen LogP) is 3.55. The molecule has 0 aliphatic heterocycles. The zero-order valence-electron chi connectivity index (χ0n) is 12.8. The standard InChI is InChI=1S/C17H23N3O/c1-13(2)11-20(14-7-3-4-8-14)17-15(12-21)19-10-6-5-9-16(19)18-17/h5-6,9-10,12-14H,3-4,7-8,11H2,1-2H3. The molecule has 0 bridgehead atoms. The molecule has 0 atom stereocenters. The summed E-state index contributed by atoms with van der Waals surface area (Å²) in [5.41, 5.74) is 1.53. The van der Waals surface area contributed by atoms with Gasteiger partial charge in [-0.3, -0.25) is 9.20 Å². The number of anilines is 1. The molecule has 21 heavy (non-hydrogen) atoms. The van der Waals surface area contributed by atoms with Crippen LogP contribution in [0.3, 0.4) is 0 Å². The molecule has 0 aromatic carbocycles. The lowest BCUT2D eigenvalue weighted by Crippen LogP contribution is -2.37. The van der Waals surface area contributed by atoms with Crippen molar-refractivity contribution in [2.24, 2.45) is 5.92 Å². The smallest absolute Gasteiger partial charge is 0.170 e. The lowest BCUT2D eigenvalue weighted by molar-refractivity contribution is 0.111. The molecule has 2 aromatic rings. The fourth-order valence-electron chi connectivity index (χ4n) is 3.34. The number of aldehydes is 1. The Bertz CT molecular complexity index is 626. The van der Waals surface area contributed by atoms with Crippen LogP contribution in [-0.2, 0) is 0 Å². The van der Waals surface area contributed by atoms with Crippen molar-refractivity contribution in [3.63, 3.8) is 0 Å². The van der Waals surface area contributed by atoms with Crippen molar-refractivity contribution in [1.82, 2.24) is 9.38 Å². The second-order valence-electron chi connectivity index (χ2n) is 6.35. The van der Waals surface area contributed by atoms with E-state index in [9.17, 15) is 4.79 Å². The van der Waals surface area contributed by atoms with Crippen LogP contribution in [-0.4, -0.2) is 28.3 Å². The molecule has 1 aliphatic rings. The van der Waals surface area contributed by atoms with Gasteiger partial charge in [-0.25, -0.2) is 4.98 Å². The maximum atomic E-state index is 11.6. The summed E-state index contributed by atoms with van der Waals surface area (Å²) in [4.78, 5) is 18.7. The van der Waals surface area contributed by atoms with Crippen molar-refractivity contribution < 1.29 is 4.79 Å². The topological polar surface area (TPSA) is 37.6 Å². The van der Waals surface area contributed by atoms with Gasteiger partial charge >= 0.3 is 0 Å². The van der Waals surface area contributed by atoms with E-state index in [1.165, 1.54) is 25.7 Å². The van der Waals surface area contributed by atoms with Crippen molar-refractivity contribution in [2.75, 3.05) is 11.4 Å². The number of carbonyl (C=O) groups excluding carboxylic acids is 1. The number of hydrogen-bond donors (Lipinski definition) is 0. The van der Waals surface area contributed by atoms with E-state index >= 15 is 0 Å². The molecule has 0 radical (unpaired) electrons. The number of hydrogen-bond acceptors (Lipinski definition) is 3. The first-order valence-electron chi connectivity index (χ1n) is 7.89. The van der Waals surface area contributed by atoms with Crippen molar-refractivity contribution in [2.45, 2.75) is 45.6 Å². The number of aromatic nitrogens is 2. The van der Waals surface area contributed by atoms with Crippen molar-refractivity contribution in [3.05, 3.63) is 30.1 Å². The van der Waals surface area contributed by atoms with Crippen molar-refractivity contribution >= 4 is 17.8 Å². The number of rotatable bonds is 5. The normalized spacial score (nSPS) is 16.0. The molecule has 0 saturated heterocycles. The Morgan fingerprint density at radius 2 is 2.14 bits per heavy atom. The fourth-order valence-corrected chi connectivity index (χ4v) is 3.34. The third-order valence-corrected chi connectivity index (χ3v) is 4.26. The summed E-state index contributed by atoms with van der Waals surface area (Å²) in [5.74, 6) is 1.41. The van der Waals surface area contributed by atoms with E-state index in [-0.39, 0.29) is 0 Å². The summed E-state index contributed by atoms with van der Waals surface area (Å²) < 4.78 is 1.89. The molecule has 4 nitrogen and oxygen atoms in total. The van der Waals surface area contributed by atoms with Gasteiger partial charge in [0.15, 0.2) is 12.1 Å². The summed E-state index contributed by atoms with van der Waals surface area (Å²) in [6, 6.07) is 6.38. The molecule has 0 amide bonds. The van der Waals surface area contributed by atoms with Gasteiger partial charge in [0.2, 0.25) is 0 Å². The minimum Gasteiger partial charge on any atom is -0.351 e. The Kier molecular flexibility index (Phi) is 3.95. The zero-order chi connectivity index (χ0) is 14.8. The van der Waals surface area contributed by atoms with E-state index in [0.717, 1.165) is 24.3 Å². The van der Waals surface area contributed by atoms with Crippen LogP contribution in [0.25, 0.3) is 5.65 Å². The van der Waals surface area contributed by atoms with E-state index in [2.05, 4.69) is 18.7 Å². The predicted molar refractivity (Wildman–Crippen MR) is 85.0 cm³/mol. The van der Waals surface area contributed by atoms with Crippen LogP contribution in [0.5, 0.6) is 0 Å². The molecular weight excluding hydrogens is 262 g/mol. The molecule has 0 unspecified atom stereocenters. The van der Waals surface area contributed by atoms with Crippen LogP contribution < -0.4 is 4.90 Å². The van der Waals surface area contributed by atoms with Gasteiger partial charge in [0, 0.05) is 18.8 Å². The highest BCUT2D eigenvalue weighted by Gasteiger charge is 2.27. The van der Waals surface area contributed by atoms with E-state index < -0.39 is 0 Å². The number of imidazole rings is 1. The highest BCUT2D eigenvalue weighted by atomic mass is 16.1. The van der Waals surface area contributed by atoms with Crippen LogP contribution in [0.15, 0.2) is 24.4 Å². The Morgan fingerprint density at radius 3 is 2.81 bits per heavy atom. The van der Waals surface area contributed by atoms with Gasteiger partial charge in [0.05, 0.1) is 0 Å². The molecular formula is C17H23N3O. The first kappa shape index (κ1) is 14.1. The number of nitrogens with zero attached hydrogens (tertiary/aromatic N) is 3. The van der Waals surface area contributed by atoms with Crippen LogP contribution in [0.1, 0.15) is 50.0 Å². The maximum Gasteiger partial charge on any atom is 0.170 e. The first-order valence-corrected chi connectivity index (χ1v) is 7.89. The Balaban J connectivity index is 2.07. The van der Waals surface area contributed by atoms with Crippen LogP contribution in [0, 0.1) is 5.92 Å². The SMILES string of the molecule is CC(C)CN(c1nc2ccccn2c1C=O)C1CCCC1. The minimum absolute atomic E-state index is 0.524. The monoisotopic (exact) mass is 285 g/mol. The molecule has 4 heteroatoms. The summed E-state index contributed by atoms with van der Waals surface area (Å²) in [6.07, 6.45) is 7.83. The van der Waals surface area contributed by atoms with Crippen molar-refractivity contribution in [3.8, 4) is 0 Å². The third-order valence-electron chi connectivity index (χ3n) is 4.26. The number of pyridine rings is 1. The molecule has 3 rings (SSSR count). The van der Waals surface area contributed by atoms with Gasteiger partial charge in [-0.2, -0.15) is 0 Å². The second kappa shape index (κ2) is 5.88. The van der Waals surface area contributed by atoms with Gasteiger partial charge in [-0.1, -0.05) is 32.8 Å². The summed E-state index contributed by atoms with van der Waals surface area (Å²) in [5, 5.41) is 0. The van der Waals surface area contributed by atoms with E-state index in [0.29, 0.717) is 17.7 Å². The Morgan fingerprint density at radius 1 is 1.38 bits per heavy atom. The van der Waals surface area contributed by atoms with Gasteiger partial charge in [-0.15, -0.1) is 0 Å². The van der Waals surface area contributed by atoms with Crippen molar-refractivity contribution in [1.29, 1.82) is 0 Å². The van der Waals surface area contributed by atoms with E-state index in [4.69, 9.17) is 4.98 Å². The average Bonchev–Trinajstić information content (AvgIpc) is 3.11. The molecule has 1 fully saturated rings. The lowest BCUT2D eigenvalue weighted by atomic mass is 10.1. The summed E-state index contributed by atoms with van der Waals surface area (Å²) in [7, 11) is 0. The maximum absolute atomic E-state index is 11.6. The highest BCUT2D eigenvalue weighted by Crippen LogP contribution is 2.30. The van der Waals surface area contributed by atoms with Gasteiger partial charge in [0.25, 0.3) is 0 Å². The highest BCUT2D eigenvalue weighted by molar-refractivity contribution is 5.83. The quantitative estimate of drug-likeness (QED) is 0.788. The average molecular weight is 285 g/mol. The molecule has 112 valence electrons. The molecule has 2 aromatic heterocycles. The van der Waals surface area contributed by atoms with Gasteiger partial charge < -0.3 is 4.90 Å². The van der Waals surface area contributed by atoms with E-state index in [1.54, 1.807) is 0 Å². The molecule has 1 saturated carbocycles. The fraction of sp³-hybridized carbons (Fsp3) is 0.529. The van der Waals surface area contributed by atoms with Crippen LogP contribution in [0.2, 0.25) is 0 Å². The third kappa shape index (κ3) is 2.67. The first-order chi connectivity index (χ1) is 10.2. The number of fused-ring (bicyclic) bond motifs is 1. The second-order valence-corrected chi connectivity index (χ2v) is 6.35. The summed E-state index contributed by atoms with van der Waals surface area (Å²) >= 11 is 0. The van der Waals surface area contributed by atoms with Crippen LogP contribution >= 0.6 is 0 Å². The van der Waals surface area contributed by atoms with Crippen LogP contribution in [0.4, 0.5) is 5.82 Å². The Labute approximate surface area is 125 Å². The minimum atomic E-state index is 0.524. The zero-order valence-corrected chi connectivity index (χ0v) is 12.8. The molecule has 0 N–H and O–H groups in total. The summed E-state index contributed by atoms with van der Waals surface area (Å²) in [6.45, 7) is 5.39. The van der Waals surface area contributed by atoms with Gasteiger partial charge in [0.1, 0.15) is 11.3 Å². The van der Waals surface area contributed by atoms with Gasteiger partial charge in [-0.05, 0) is 30.9 Å². The Hall–Kier alpha value is -1.84. The number of carbonyl (C=O) groups is 1.